The molecule has 0 aromatic rings. The number of aliphatic carboxylic acids is 1. The van der Waals surface area contributed by atoms with Crippen LogP contribution in [0.2, 0.25) is 0 Å². The average Bonchev–Trinajstić information content (AvgIpc) is 2.57. The molecule has 1 unspecified atom stereocenters. The molecular weight excluding hydrogens is 312 g/mol. The summed E-state index contributed by atoms with van der Waals surface area (Å²) in [6, 6.07) is 0. The number of rotatable bonds is 14. The Morgan fingerprint density at radius 3 is 1.52 bits per heavy atom. The van der Waals surface area contributed by atoms with Crippen molar-refractivity contribution < 1.29 is 14.7 Å². The maximum Gasteiger partial charge on any atom is 0.314 e. The second-order valence-corrected chi connectivity index (χ2v) is 5.79. The lowest BCUT2D eigenvalue weighted by Gasteiger charge is -2.05. The molecular formula is C22H32O3. The van der Waals surface area contributed by atoms with Crippen molar-refractivity contribution in [1.29, 1.82) is 0 Å². The van der Waals surface area contributed by atoms with Crippen molar-refractivity contribution in [2.45, 2.75) is 58.8 Å². The number of allylic oxidation sites excluding steroid dienone is 10. The third-order valence-corrected chi connectivity index (χ3v) is 3.57. The van der Waals surface area contributed by atoms with Gasteiger partial charge in [-0.15, -0.1) is 0 Å². The summed E-state index contributed by atoms with van der Waals surface area (Å²) >= 11 is 0. The molecule has 0 aliphatic rings. The van der Waals surface area contributed by atoms with Crippen molar-refractivity contribution in [2.75, 3.05) is 0 Å². The highest BCUT2D eigenvalue weighted by atomic mass is 16.4. The summed E-state index contributed by atoms with van der Waals surface area (Å²) in [5.74, 6) is -2.18. The lowest BCUT2D eigenvalue weighted by atomic mass is 9.99. The number of Topliss-reactive ketones (excluding diaryl/α,β-unsaturated/α-hetero) is 1. The molecule has 0 bridgehead atoms. The molecule has 0 heterocycles. The molecule has 138 valence electrons. The number of carboxylic acid groups (broad SMARTS) is 1. The molecule has 3 nitrogen and oxygen atoms in total. The summed E-state index contributed by atoms with van der Waals surface area (Å²) in [5.41, 5.74) is 0. The summed E-state index contributed by atoms with van der Waals surface area (Å²) in [6.45, 7) is 3.47. The number of hydrogen-bond acceptors (Lipinski definition) is 2. The van der Waals surface area contributed by atoms with Crippen LogP contribution in [0.3, 0.4) is 0 Å². The van der Waals surface area contributed by atoms with Crippen LogP contribution in [0.15, 0.2) is 60.8 Å². The summed E-state index contributed by atoms with van der Waals surface area (Å²) in [7, 11) is 0. The minimum Gasteiger partial charge on any atom is -0.481 e. The van der Waals surface area contributed by atoms with Gasteiger partial charge in [-0.2, -0.15) is 0 Å². The van der Waals surface area contributed by atoms with Crippen molar-refractivity contribution in [2.24, 2.45) is 5.92 Å². The first-order chi connectivity index (χ1) is 12.1. The van der Waals surface area contributed by atoms with Crippen LogP contribution in [0, 0.1) is 5.92 Å². The monoisotopic (exact) mass is 344 g/mol. The largest absolute Gasteiger partial charge is 0.481 e. The van der Waals surface area contributed by atoms with Crippen LogP contribution in [0.4, 0.5) is 0 Å². The first-order valence-electron chi connectivity index (χ1n) is 9.07. The zero-order valence-electron chi connectivity index (χ0n) is 15.6. The van der Waals surface area contributed by atoms with Crippen LogP contribution in [-0.2, 0) is 9.59 Å². The predicted octanol–water partition coefficient (Wildman–Crippen LogP) is 5.81. The van der Waals surface area contributed by atoms with Gasteiger partial charge in [-0.3, -0.25) is 9.59 Å². The third-order valence-electron chi connectivity index (χ3n) is 3.57. The molecule has 0 radical (unpaired) electrons. The lowest BCUT2D eigenvalue weighted by molar-refractivity contribution is -0.145. The quantitative estimate of drug-likeness (QED) is 0.320. The van der Waals surface area contributed by atoms with E-state index in [-0.39, 0.29) is 5.78 Å². The van der Waals surface area contributed by atoms with Gasteiger partial charge in [-0.1, -0.05) is 67.7 Å². The Balaban J connectivity index is 3.71. The Morgan fingerprint density at radius 1 is 0.760 bits per heavy atom. The first-order valence-corrected chi connectivity index (χ1v) is 9.07. The Bertz CT molecular complexity index is 493. The second kappa shape index (κ2) is 16.7. The van der Waals surface area contributed by atoms with Crippen molar-refractivity contribution >= 4 is 11.8 Å². The second-order valence-electron chi connectivity index (χ2n) is 5.79. The Hall–Kier alpha value is -2.16. The van der Waals surface area contributed by atoms with E-state index in [1.54, 1.807) is 0 Å². The lowest BCUT2D eigenvalue weighted by Crippen LogP contribution is -2.20. The molecule has 0 saturated heterocycles. The van der Waals surface area contributed by atoms with Crippen molar-refractivity contribution in [3.05, 3.63) is 60.8 Å². The molecule has 0 amide bonds. The van der Waals surface area contributed by atoms with E-state index in [1.165, 1.54) is 6.92 Å². The van der Waals surface area contributed by atoms with Gasteiger partial charge in [-0.25, -0.2) is 0 Å². The van der Waals surface area contributed by atoms with E-state index in [2.05, 4.69) is 55.5 Å². The molecule has 0 aliphatic carbocycles. The maximum absolute atomic E-state index is 11.1. The predicted molar refractivity (Wildman–Crippen MR) is 105 cm³/mol. The summed E-state index contributed by atoms with van der Waals surface area (Å²) in [4.78, 5) is 22.0. The van der Waals surface area contributed by atoms with Gasteiger partial charge in [0.05, 0.1) is 0 Å². The summed E-state index contributed by atoms with van der Waals surface area (Å²) < 4.78 is 0. The van der Waals surface area contributed by atoms with Crippen molar-refractivity contribution in [3.8, 4) is 0 Å². The van der Waals surface area contributed by atoms with Gasteiger partial charge in [0.1, 0.15) is 11.7 Å². The SMILES string of the molecule is CC/C=C\C/C=C\C/C=C\C/C=C\C/C=C\CCC(C(C)=O)C(=O)O. The van der Waals surface area contributed by atoms with E-state index >= 15 is 0 Å². The topological polar surface area (TPSA) is 54.4 Å². The number of carboxylic acids is 1. The van der Waals surface area contributed by atoms with E-state index in [9.17, 15) is 9.59 Å². The Morgan fingerprint density at radius 2 is 1.16 bits per heavy atom. The van der Waals surface area contributed by atoms with E-state index in [0.29, 0.717) is 12.8 Å². The van der Waals surface area contributed by atoms with Crippen molar-refractivity contribution in [3.63, 3.8) is 0 Å². The summed E-state index contributed by atoms with van der Waals surface area (Å²) in [6.07, 6.45) is 27.0. The molecule has 0 spiro atoms. The molecule has 25 heavy (non-hydrogen) atoms. The minimum absolute atomic E-state index is 0.278. The first kappa shape index (κ1) is 22.8. The number of carbonyl (C=O) groups excluding carboxylic acids is 1. The number of carbonyl (C=O) groups is 2. The Kier molecular flexibility index (Phi) is 15.2. The average molecular weight is 344 g/mol. The standard InChI is InChI=1S/C22H32O3/c1-3-4-5-6-7-8-9-10-11-12-13-14-15-16-17-18-19-21(20(2)23)22(24)25/h4-5,7-8,10-11,13-14,16-17,21H,3,6,9,12,15,18-19H2,1-2H3,(H,24,25)/b5-4-,8-7-,11-10-,14-13-,17-16-. The van der Waals surface area contributed by atoms with Gasteiger partial charge in [0.15, 0.2) is 0 Å². The fourth-order valence-corrected chi connectivity index (χ4v) is 2.13. The smallest absolute Gasteiger partial charge is 0.314 e. The number of hydrogen-bond donors (Lipinski definition) is 1. The van der Waals surface area contributed by atoms with Gasteiger partial charge in [0, 0.05) is 0 Å². The number of ketones is 1. The molecule has 0 aliphatic heterocycles. The van der Waals surface area contributed by atoms with Crippen LogP contribution >= 0.6 is 0 Å². The highest BCUT2D eigenvalue weighted by molar-refractivity contribution is 5.96. The van der Waals surface area contributed by atoms with Crippen molar-refractivity contribution in [1.82, 2.24) is 0 Å². The minimum atomic E-state index is -1.03. The van der Waals surface area contributed by atoms with Gasteiger partial charge < -0.3 is 5.11 Å². The van der Waals surface area contributed by atoms with Gasteiger partial charge in [-0.05, 0) is 51.9 Å². The summed E-state index contributed by atoms with van der Waals surface area (Å²) in [5, 5.41) is 8.90. The fraction of sp³-hybridized carbons (Fsp3) is 0.455. The van der Waals surface area contributed by atoms with E-state index < -0.39 is 11.9 Å². The van der Waals surface area contributed by atoms with E-state index in [0.717, 1.165) is 32.1 Å². The maximum atomic E-state index is 11.1. The van der Waals surface area contributed by atoms with Crippen LogP contribution < -0.4 is 0 Å². The molecule has 0 rings (SSSR count). The van der Waals surface area contributed by atoms with Gasteiger partial charge in [0.25, 0.3) is 0 Å². The van der Waals surface area contributed by atoms with Crippen LogP contribution in [0.5, 0.6) is 0 Å². The fourth-order valence-electron chi connectivity index (χ4n) is 2.13. The molecule has 1 atom stereocenters. The molecule has 0 fully saturated rings. The highest BCUT2D eigenvalue weighted by Gasteiger charge is 2.20. The normalized spacial score (nSPS) is 13.8. The molecule has 0 saturated carbocycles. The third kappa shape index (κ3) is 15.1. The molecule has 0 aromatic heterocycles. The zero-order valence-corrected chi connectivity index (χ0v) is 15.6. The van der Waals surface area contributed by atoms with Crippen LogP contribution in [0.25, 0.3) is 0 Å². The van der Waals surface area contributed by atoms with Crippen LogP contribution in [-0.4, -0.2) is 16.9 Å². The van der Waals surface area contributed by atoms with Crippen LogP contribution in [0.1, 0.15) is 58.8 Å². The molecule has 1 N–H and O–H groups in total. The molecule has 3 heteroatoms. The van der Waals surface area contributed by atoms with E-state index in [4.69, 9.17) is 5.11 Å². The van der Waals surface area contributed by atoms with Gasteiger partial charge in [0.2, 0.25) is 0 Å². The van der Waals surface area contributed by atoms with E-state index in [1.807, 2.05) is 12.2 Å². The Labute approximate surface area is 152 Å². The van der Waals surface area contributed by atoms with Gasteiger partial charge >= 0.3 is 5.97 Å². The highest BCUT2D eigenvalue weighted by Crippen LogP contribution is 2.09. The zero-order chi connectivity index (χ0) is 18.8. The molecule has 0 aromatic carbocycles.